The Morgan fingerprint density at radius 1 is 0.933 bits per heavy atom. The van der Waals surface area contributed by atoms with Gasteiger partial charge in [0.2, 0.25) is 5.88 Å². The number of hydrogen-bond acceptors (Lipinski definition) is 8. The third-order valence-electron chi connectivity index (χ3n) is 8.59. The topological polar surface area (TPSA) is 115 Å². The first-order chi connectivity index (χ1) is 21.3. The van der Waals surface area contributed by atoms with Gasteiger partial charge in [-0.05, 0) is 75.7 Å². The molecule has 3 amide bonds. The number of benzene rings is 2. The van der Waals surface area contributed by atoms with Gasteiger partial charge in [-0.3, -0.25) is 19.3 Å². The van der Waals surface area contributed by atoms with Crippen molar-refractivity contribution in [2.75, 3.05) is 26.7 Å². The number of pyridine rings is 1. The van der Waals surface area contributed by atoms with Crippen LogP contribution in [0, 0.1) is 17.7 Å². The van der Waals surface area contributed by atoms with Crippen LogP contribution in [0.2, 0.25) is 0 Å². The second kappa shape index (κ2) is 11.0. The number of carbonyl (C=O) groups is 4. The Morgan fingerprint density at radius 2 is 1.53 bits per heavy atom. The van der Waals surface area contributed by atoms with Gasteiger partial charge in [0.05, 0.1) is 23.9 Å². The fraction of sp³-hybridized carbons (Fsp3) is 0.382. The number of carbonyl (C=O) groups excluding carboxylic acids is 4. The van der Waals surface area contributed by atoms with Crippen LogP contribution in [0.3, 0.4) is 0 Å². The molecule has 0 radical (unpaired) electrons. The SMILES string of the molecule is COC(=O)C(C)(CN1C(=O)c2ccccc2C1=O)c1cc(O[C@@H]2[C@@H]3CN(C(=O)OC(C)(C)C)C[C@@H]32)nc(-c2ccc(F)cc2)c1. The summed E-state index contributed by atoms with van der Waals surface area (Å²) in [5, 5.41) is 0. The normalized spacial score (nSPS) is 21.6. The van der Waals surface area contributed by atoms with Crippen molar-refractivity contribution in [2.45, 2.75) is 44.8 Å². The first-order valence-electron chi connectivity index (χ1n) is 14.8. The van der Waals surface area contributed by atoms with E-state index in [0.29, 0.717) is 29.9 Å². The lowest BCUT2D eigenvalue weighted by Crippen LogP contribution is -2.47. The molecule has 2 fully saturated rings. The van der Waals surface area contributed by atoms with E-state index in [9.17, 15) is 23.6 Å². The van der Waals surface area contributed by atoms with Crippen molar-refractivity contribution in [3.63, 3.8) is 0 Å². The number of likely N-dealkylation sites (tertiary alicyclic amines) is 1. The molecule has 0 N–H and O–H groups in total. The average molecular weight is 616 g/mol. The summed E-state index contributed by atoms with van der Waals surface area (Å²) in [6, 6.07) is 15.5. The van der Waals surface area contributed by atoms with Crippen LogP contribution in [0.15, 0.2) is 60.7 Å². The molecule has 234 valence electrons. The molecule has 1 saturated heterocycles. The standard InChI is InChI=1S/C34H34FN3O7/c1-33(2,3)45-32(42)37-16-24-25(17-37)28(24)44-27-15-20(14-26(36-27)19-10-12-21(35)13-11-19)34(4,31(41)43-5)18-38-29(39)22-8-6-7-9-23(22)30(38)40/h6-15,24-25,28H,16-18H2,1-5H3/t24-,25+,28-,34?. The molecule has 2 aromatic carbocycles. The molecule has 3 aliphatic rings. The third kappa shape index (κ3) is 5.63. The van der Waals surface area contributed by atoms with Crippen molar-refractivity contribution in [3.05, 3.63) is 83.2 Å². The minimum Gasteiger partial charge on any atom is -0.474 e. The number of methoxy groups -OCH3 is 1. The summed E-state index contributed by atoms with van der Waals surface area (Å²) in [6.45, 7) is 7.73. The highest BCUT2D eigenvalue weighted by Gasteiger charge is 2.59. The number of halogens is 1. The molecule has 1 saturated carbocycles. The molecule has 1 aliphatic carbocycles. The highest BCUT2D eigenvalue weighted by molar-refractivity contribution is 6.21. The summed E-state index contributed by atoms with van der Waals surface area (Å²) in [4.78, 5) is 60.0. The highest BCUT2D eigenvalue weighted by Crippen LogP contribution is 2.48. The summed E-state index contributed by atoms with van der Waals surface area (Å²) in [7, 11) is 1.24. The van der Waals surface area contributed by atoms with Crippen LogP contribution in [0.5, 0.6) is 5.88 Å². The van der Waals surface area contributed by atoms with Gasteiger partial charge in [0.1, 0.15) is 22.9 Å². The summed E-state index contributed by atoms with van der Waals surface area (Å²) in [5.74, 6) is -1.71. The molecule has 0 bridgehead atoms. The predicted molar refractivity (Wildman–Crippen MR) is 160 cm³/mol. The Hall–Kier alpha value is -4.80. The van der Waals surface area contributed by atoms with E-state index in [-0.39, 0.29) is 47.6 Å². The average Bonchev–Trinajstić information content (AvgIpc) is 3.31. The van der Waals surface area contributed by atoms with Gasteiger partial charge in [-0.25, -0.2) is 14.2 Å². The van der Waals surface area contributed by atoms with Gasteiger partial charge in [-0.15, -0.1) is 0 Å². The molecular formula is C34H34FN3O7. The first-order valence-corrected chi connectivity index (χ1v) is 14.8. The summed E-state index contributed by atoms with van der Waals surface area (Å²) < 4.78 is 30.9. The second-order valence-corrected chi connectivity index (χ2v) is 12.9. The van der Waals surface area contributed by atoms with Crippen LogP contribution in [0.25, 0.3) is 11.3 Å². The number of fused-ring (bicyclic) bond motifs is 2. The lowest BCUT2D eigenvalue weighted by molar-refractivity contribution is -0.147. The van der Waals surface area contributed by atoms with Gasteiger partial charge in [-0.1, -0.05) is 12.1 Å². The number of rotatable bonds is 7. The zero-order chi connectivity index (χ0) is 32.3. The predicted octanol–water partition coefficient (Wildman–Crippen LogP) is 4.86. The Bertz CT molecular complexity index is 1660. The Labute approximate surface area is 260 Å². The van der Waals surface area contributed by atoms with Crippen LogP contribution >= 0.6 is 0 Å². The molecule has 4 atom stereocenters. The lowest BCUT2D eigenvalue weighted by Gasteiger charge is -2.31. The van der Waals surface area contributed by atoms with Crippen molar-refractivity contribution in [1.82, 2.24) is 14.8 Å². The first kappa shape index (κ1) is 30.2. The van der Waals surface area contributed by atoms with Crippen molar-refractivity contribution in [3.8, 4) is 17.1 Å². The molecule has 6 rings (SSSR count). The number of nitrogens with zero attached hydrogens (tertiary/aromatic N) is 3. The van der Waals surface area contributed by atoms with Crippen LogP contribution < -0.4 is 4.74 Å². The van der Waals surface area contributed by atoms with E-state index in [1.165, 1.54) is 19.2 Å². The zero-order valence-electron chi connectivity index (χ0n) is 25.7. The Morgan fingerprint density at radius 3 is 2.09 bits per heavy atom. The molecule has 1 unspecified atom stereocenters. The number of amides is 3. The second-order valence-electron chi connectivity index (χ2n) is 12.9. The molecule has 10 nitrogen and oxygen atoms in total. The number of ether oxygens (including phenoxy) is 3. The minimum atomic E-state index is -1.51. The van der Waals surface area contributed by atoms with E-state index in [1.54, 1.807) is 60.4 Å². The number of imide groups is 1. The fourth-order valence-electron chi connectivity index (χ4n) is 6.11. The van der Waals surface area contributed by atoms with Gasteiger partial charge >= 0.3 is 12.1 Å². The van der Waals surface area contributed by atoms with E-state index in [4.69, 9.17) is 14.2 Å². The summed E-state index contributed by atoms with van der Waals surface area (Å²) >= 11 is 0. The molecule has 2 aliphatic heterocycles. The van der Waals surface area contributed by atoms with Crippen molar-refractivity contribution < 1.29 is 37.8 Å². The van der Waals surface area contributed by atoms with Gasteiger partial charge in [0.15, 0.2) is 0 Å². The third-order valence-corrected chi connectivity index (χ3v) is 8.59. The van der Waals surface area contributed by atoms with Gasteiger partial charge in [0, 0.05) is 43.1 Å². The Kier molecular flexibility index (Phi) is 7.37. The van der Waals surface area contributed by atoms with Crippen molar-refractivity contribution in [2.24, 2.45) is 11.8 Å². The fourth-order valence-corrected chi connectivity index (χ4v) is 6.11. The number of hydrogen-bond donors (Lipinski definition) is 0. The van der Waals surface area contributed by atoms with E-state index < -0.39 is 34.6 Å². The Balaban J connectivity index is 1.31. The quantitative estimate of drug-likeness (QED) is 0.274. The van der Waals surface area contributed by atoms with Crippen LogP contribution in [-0.4, -0.2) is 77.1 Å². The largest absolute Gasteiger partial charge is 0.474 e. The zero-order valence-corrected chi connectivity index (χ0v) is 25.7. The van der Waals surface area contributed by atoms with Crippen LogP contribution in [0.4, 0.5) is 9.18 Å². The van der Waals surface area contributed by atoms with E-state index >= 15 is 0 Å². The molecule has 0 spiro atoms. The van der Waals surface area contributed by atoms with Crippen LogP contribution in [0.1, 0.15) is 54.0 Å². The smallest absolute Gasteiger partial charge is 0.410 e. The van der Waals surface area contributed by atoms with Gasteiger partial charge in [0.25, 0.3) is 11.8 Å². The van der Waals surface area contributed by atoms with E-state index in [0.717, 1.165) is 4.90 Å². The maximum atomic E-state index is 13.8. The molecule has 11 heteroatoms. The van der Waals surface area contributed by atoms with Crippen molar-refractivity contribution in [1.29, 1.82) is 0 Å². The summed E-state index contributed by atoms with van der Waals surface area (Å²) in [6.07, 6.45) is -0.581. The highest BCUT2D eigenvalue weighted by atomic mass is 19.1. The molecule has 3 heterocycles. The van der Waals surface area contributed by atoms with Gasteiger partial charge in [-0.2, -0.15) is 0 Å². The molecule has 45 heavy (non-hydrogen) atoms. The van der Waals surface area contributed by atoms with Crippen molar-refractivity contribution >= 4 is 23.9 Å². The minimum absolute atomic E-state index is 0.0857. The number of piperidine rings is 1. The molecular weight excluding hydrogens is 581 g/mol. The van der Waals surface area contributed by atoms with Crippen LogP contribution in [-0.2, 0) is 19.7 Å². The molecule has 3 aromatic rings. The maximum absolute atomic E-state index is 13.8. The van der Waals surface area contributed by atoms with Gasteiger partial charge < -0.3 is 19.1 Å². The lowest BCUT2D eigenvalue weighted by atomic mass is 9.81. The monoisotopic (exact) mass is 615 g/mol. The summed E-state index contributed by atoms with van der Waals surface area (Å²) in [5.41, 5.74) is -0.200. The van der Waals surface area contributed by atoms with E-state index in [1.807, 2.05) is 20.8 Å². The maximum Gasteiger partial charge on any atom is 0.410 e. The molecule has 1 aromatic heterocycles. The van der Waals surface area contributed by atoms with E-state index in [2.05, 4.69) is 4.98 Å². The number of aromatic nitrogens is 1. The number of esters is 1.